The number of nitrogens with zero attached hydrogens (tertiary/aromatic N) is 4. The van der Waals surface area contributed by atoms with Crippen LogP contribution in [0.5, 0.6) is 0 Å². The van der Waals surface area contributed by atoms with Crippen LogP contribution in [0.4, 0.5) is 0 Å². The number of pyridine rings is 2. The molecule has 4 aromatic heterocycles. The van der Waals surface area contributed by atoms with E-state index in [-0.39, 0.29) is 0 Å². The van der Waals surface area contributed by atoms with E-state index in [0.29, 0.717) is 0 Å². The van der Waals surface area contributed by atoms with Gasteiger partial charge >= 0.3 is 0 Å². The summed E-state index contributed by atoms with van der Waals surface area (Å²) >= 11 is 0. The summed E-state index contributed by atoms with van der Waals surface area (Å²) < 4.78 is 4.97. The molecule has 9 aromatic rings. The summed E-state index contributed by atoms with van der Waals surface area (Å²) in [5, 5.41) is 3.90. The number of rotatable bonds is 4. The van der Waals surface area contributed by atoms with Crippen LogP contribution in [-0.4, -0.2) is 19.1 Å². The molecule has 5 aromatic carbocycles. The van der Waals surface area contributed by atoms with Crippen molar-refractivity contribution >= 4 is 44.4 Å². The highest BCUT2D eigenvalue weighted by atomic mass is 15.0. The number of fused-ring (bicyclic) bond motifs is 9. The van der Waals surface area contributed by atoms with Gasteiger partial charge in [0.1, 0.15) is 0 Å². The Labute approximate surface area is 302 Å². The fraction of sp³-hybridized carbons (Fsp3) is 0.0833. The zero-order valence-corrected chi connectivity index (χ0v) is 28.6. The second-order valence-corrected chi connectivity index (χ2v) is 14.1. The number of hydrogen-bond acceptors (Lipinski definition) is 2. The molecular formula is C48H34N4. The lowest BCUT2D eigenvalue weighted by molar-refractivity contribution is 0.897. The molecule has 0 aliphatic heterocycles. The van der Waals surface area contributed by atoms with Crippen LogP contribution in [0.15, 0.2) is 152 Å². The van der Waals surface area contributed by atoms with Gasteiger partial charge in [0.05, 0.1) is 16.6 Å². The minimum absolute atomic E-state index is 0.986. The molecule has 0 amide bonds. The molecule has 0 spiro atoms. The van der Waals surface area contributed by atoms with E-state index in [4.69, 9.17) is 0 Å². The van der Waals surface area contributed by atoms with Gasteiger partial charge in [0.25, 0.3) is 0 Å². The first kappa shape index (κ1) is 29.2. The molecule has 52 heavy (non-hydrogen) atoms. The van der Waals surface area contributed by atoms with E-state index >= 15 is 0 Å². The summed E-state index contributed by atoms with van der Waals surface area (Å²) in [5.41, 5.74) is 19.3. The van der Waals surface area contributed by atoms with Crippen LogP contribution in [0.1, 0.15) is 34.4 Å². The van der Waals surface area contributed by atoms with Gasteiger partial charge in [-0.15, -0.1) is 0 Å². The lowest BCUT2D eigenvalue weighted by Crippen LogP contribution is -2.06. The number of para-hydroxylation sites is 2. The average Bonchev–Trinajstić information content (AvgIpc) is 3.71. The number of aromatic nitrogens is 4. The highest BCUT2D eigenvalue weighted by Crippen LogP contribution is 2.45. The normalized spacial score (nSPS) is 13.6. The van der Waals surface area contributed by atoms with Crippen molar-refractivity contribution in [1.29, 1.82) is 0 Å². The minimum Gasteiger partial charge on any atom is -0.313 e. The van der Waals surface area contributed by atoms with Crippen molar-refractivity contribution in [3.63, 3.8) is 0 Å². The molecule has 4 heteroatoms. The summed E-state index contributed by atoms with van der Waals surface area (Å²) in [6.07, 6.45) is 14.1. The number of benzene rings is 5. The summed E-state index contributed by atoms with van der Waals surface area (Å²) in [7, 11) is 0. The Kier molecular flexibility index (Phi) is 6.47. The lowest BCUT2D eigenvalue weighted by Gasteiger charge is -2.22. The van der Waals surface area contributed by atoms with Gasteiger partial charge in [0, 0.05) is 69.1 Å². The predicted molar refractivity (Wildman–Crippen MR) is 214 cm³/mol. The standard InChI is InChI=1S/C48H34N4/c1-3-11-37(12-4-1)51-45-19-17-31(35-9-7-21-49-29-35)23-41(45)43-25-33-15-16-34-26-44-42-24-32(36-10-8-22-50-30-36)18-20-46(42)52(38-13-5-2-6-14-38)48(44)28-40(34)39(33)27-47(43)51/h1-14,17,19,21-30H,15-16,18,20H2. The quantitative estimate of drug-likeness (QED) is 0.187. The summed E-state index contributed by atoms with van der Waals surface area (Å²) in [5.74, 6) is 0. The zero-order chi connectivity index (χ0) is 34.2. The molecule has 4 heterocycles. The molecule has 0 saturated carbocycles. The lowest BCUT2D eigenvalue weighted by atomic mass is 9.83. The highest BCUT2D eigenvalue weighted by molar-refractivity contribution is 6.12. The Morgan fingerprint density at radius 2 is 1.06 bits per heavy atom. The van der Waals surface area contributed by atoms with E-state index < -0.39 is 0 Å². The van der Waals surface area contributed by atoms with Crippen LogP contribution in [0.25, 0.3) is 78.0 Å². The monoisotopic (exact) mass is 666 g/mol. The van der Waals surface area contributed by atoms with Gasteiger partial charge in [0.15, 0.2) is 0 Å². The van der Waals surface area contributed by atoms with Crippen LogP contribution in [-0.2, 0) is 19.3 Å². The van der Waals surface area contributed by atoms with Crippen LogP contribution in [0.2, 0.25) is 0 Å². The van der Waals surface area contributed by atoms with Gasteiger partial charge in [-0.1, -0.05) is 54.6 Å². The molecule has 0 fully saturated rings. The fourth-order valence-corrected chi connectivity index (χ4v) is 8.88. The minimum atomic E-state index is 0.986. The Hall–Kier alpha value is -6.52. The molecule has 0 radical (unpaired) electrons. The van der Waals surface area contributed by atoms with Gasteiger partial charge in [-0.05, 0) is 144 Å². The molecule has 0 unspecified atom stereocenters. The third-order valence-electron chi connectivity index (χ3n) is 11.3. The maximum Gasteiger partial charge on any atom is 0.0547 e. The highest BCUT2D eigenvalue weighted by Gasteiger charge is 2.26. The molecule has 0 saturated heterocycles. The van der Waals surface area contributed by atoms with Crippen LogP contribution < -0.4 is 0 Å². The summed E-state index contributed by atoms with van der Waals surface area (Å²) in [6.45, 7) is 0. The number of hydrogen-bond donors (Lipinski definition) is 0. The van der Waals surface area contributed by atoms with Crippen molar-refractivity contribution in [2.75, 3.05) is 0 Å². The Bertz CT molecular complexity index is 2860. The van der Waals surface area contributed by atoms with Crippen molar-refractivity contribution in [3.05, 3.63) is 180 Å². The molecule has 0 N–H and O–H groups in total. The first-order valence-corrected chi connectivity index (χ1v) is 18.2. The molecule has 2 aliphatic carbocycles. The molecule has 2 aliphatic rings. The zero-order valence-electron chi connectivity index (χ0n) is 28.6. The van der Waals surface area contributed by atoms with E-state index in [2.05, 4.69) is 140 Å². The second kappa shape index (κ2) is 11.5. The van der Waals surface area contributed by atoms with Crippen molar-refractivity contribution in [2.45, 2.75) is 25.7 Å². The first-order chi connectivity index (χ1) is 25.8. The molecular weight excluding hydrogens is 633 g/mol. The van der Waals surface area contributed by atoms with E-state index in [1.54, 1.807) is 0 Å². The van der Waals surface area contributed by atoms with E-state index in [1.807, 2.05) is 36.9 Å². The largest absolute Gasteiger partial charge is 0.313 e. The first-order valence-electron chi connectivity index (χ1n) is 18.2. The van der Waals surface area contributed by atoms with Gasteiger partial charge in [-0.2, -0.15) is 0 Å². The van der Waals surface area contributed by atoms with E-state index in [9.17, 15) is 0 Å². The molecule has 11 rings (SSSR count). The van der Waals surface area contributed by atoms with Gasteiger partial charge in [0.2, 0.25) is 0 Å². The smallest absolute Gasteiger partial charge is 0.0547 e. The third-order valence-corrected chi connectivity index (χ3v) is 11.3. The van der Waals surface area contributed by atoms with E-state index in [1.165, 1.54) is 94.3 Å². The Balaban J connectivity index is 1.16. The molecule has 0 atom stereocenters. The van der Waals surface area contributed by atoms with Crippen molar-refractivity contribution in [1.82, 2.24) is 19.1 Å². The molecule has 246 valence electrons. The second-order valence-electron chi connectivity index (χ2n) is 14.1. The molecule has 0 bridgehead atoms. The maximum atomic E-state index is 4.44. The van der Waals surface area contributed by atoms with Gasteiger partial charge < -0.3 is 9.13 Å². The van der Waals surface area contributed by atoms with Crippen molar-refractivity contribution in [3.8, 4) is 33.6 Å². The van der Waals surface area contributed by atoms with Crippen LogP contribution in [0.3, 0.4) is 0 Å². The van der Waals surface area contributed by atoms with Crippen LogP contribution >= 0.6 is 0 Å². The number of allylic oxidation sites excluding steroid dienone is 1. The number of aryl methyl sites for hydroxylation is 2. The van der Waals surface area contributed by atoms with E-state index in [0.717, 1.165) is 31.2 Å². The van der Waals surface area contributed by atoms with Crippen molar-refractivity contribution < 1.29 is 0 Å². The van der Waals surface area contributed by atoms with Gasteiger partial charge in [-0.3, -0.25) is 9.97 Å². The summed E-state index contributed by atoms with van der Waals surface area (Å²) in [4.78, 5) is 8.85. The maximum absolute atomic E-state index is 4.44. The molecule has 4 nitrogen and oxygen atoms in total. The Morgan fingerprint density at radius 3 is 1.73 bits per heavy atom. The third kappa shape index (κ3) is 4.47. The van der Waals surface area contributed by atoms with Crippen molar-refractivity contribution in [2.24, 2.45) is 0 Å². The van der Waals surface area contributed by atoms with Crippen LogP contribution in [0, 0.1) is 0 Å². The SMILES string of the molecule is C1=C(c2cccnc2)CCc2c1c1cc3c(cc1n2-c1ccccc1)-c1cc2c(cc1CC3)c1cc(-c3cccnc3)ccc1n2-c1ccccc1. The van der Waals surface area contributed by atoms with Gasteiger partial charge in [-0.25, -0.2) is 0 Å². The fourth-order valence-electron chi connectivity index (χ4n) is 8.88. The topological polar surface area (TPSA) is 35.6 Å². The predicted octanol–water partition coefficient (Wildman–Crippen LogP) is 11.4. The average molecular weight is 667 g/mol. The Morgan fingerprint density at radius 1 is 0.442 bits per heavy atom. The summed E-state index contributed by atoms with van der Waals surface area (Å²) in [6, 6.07) is 46.9.